The Bertz CT molecular complexity index is 1100. The van der Waals surface area contributed by atoms with E-state index in [1.54, 1.807) is 53.7 Å². The van der Waals surface area contributed by atoms with Gasteiger partial charge >= 0.3 is 12.2 Å². The van der Waals surface area contributed by atoms with Crippen molar-refractivity contribution in [2.75, 3.05) is 4.90 Å². The number of ether oxygens (including phenoxy) is 2. The van der Waals surface area contributed by atoms with E-state index in [2.05, 4.69) is 5.32 Å². The van der Waals surface area contributed by atoms with Crippen LogP contribution in [0, 0.1) is 5.92 Å². The smallest absolute Gasteiger partial charge is 0.421 e. The number of hydrogen-bond acceptors (Lipinski definition) is 5. The molecule has 3 amide bonds. The van der Waals surface area contributed by atoms with Gasteiger partial charge in [-0.3, -0.25) is 4.79 Å². The summed E-state index contributed by atoms with van der Waals surface area (Å²) in [5.74, 6) is -0.753. The number of para-hydroxylation sites is 1. The number of anilines is 1. The van der Waals surface area contributed by atoms with Crippen molar-refractivity contribution in [1.82, 2.24) is 5.32 Å². The molecule has 1 unspecified atom stereocenters. The van der Waals surface area contributed by atoms with Crippen LogP contribution in [0.15, 0.2) is 54.6 Å². The molecule has 188 valence electrons. The van der Waals surface area contributed by atoms with Gasteiger partial charge in [-0.05, 0) is 64.7 Å². The predicted octanol–water partition coefficient (Wildman–Crippen LogP) is 6.13. The third kappa shape index (κ3) is 5.19. The molecule has 2 aromatic carbocycles. The van der Waals surface area contributed by atoms with Crippen LogP contribution in [-0.4, -0.2) is 29.3 Å². The van der Waals surface area contributed by atoms with Crippen LogP contribution in [0.25, 0.3) is 0 Å². The zero-order valence-corrected chi connectivity index (χ0v) is 21.8. The van der Waals surface area contributed by atoms with Crippen LogP contribution in [0.3, 0.4) is 0 Å². The van der Waals surface area contributed by atoms with Gasteiger partial charge < -0.3 is 14.8 Å². The molecule has 7 heteroatoms. The molecule has 3 rings (SSSR count). The molecule has 1 N–H and O–H groups in total. The van der Waals surface area contributed by atoms with E-state index in [9.17, 15) is 14.4 Å². The first-order valence-corrected chi connectivity index (χ1v) is 11.9. The molecule has 0 aliphatic carbocycles. The molecule has 2 atom stereocenters. The second-order valence-corrected chi connectivity index (χ2v) is 11.2. The fourth-order valence-corrected chi connectivity index (χ4v) is 4.62. The highest BCUT2D eigenvalue weighted by Crippen LogP contribution is 2.53. The van der Waals surface area contributed by atoms with Crippen molar-refractivity contribution in [1.29, 1.82) is 0 Å². The first kappa shape index (κ1) is 26.3. The summed E-state index contributed by atoms with van der Waals surface area (Å²) in [5, 5.41) is 2.97. The summed E-state index contributed by atoms with van der Waals surface area (Å²) in [4.78, 5) is 41.8. The fraction of sp³-hybridized carbons (Fsp3) is 0.464. The summed E-state index contributed by atoms with van der Waals surface area (Å²) in [7, 11) is 0. The lowest BCUT2D eigenvalue weighted by molar-refractivity contribution is -0.125. The van der Waals surface area contributed by atoms with Gasteiger partial charge in [-0.25, -0.2) is 14.5 Å². The van der Waals surface area contributed by atoms with Crippen LogP contribution in [0.5, 0.6) is 0 Å². The highest BCUT2D eigenvalue weighted by Gasteiger charge is 2.60. The van der Waals surface area contributed by atoms with Crippen molar-refractivity contribution in [2.24, 2.45) is 5.92 Å². The van der Waals surface area contributed by atoms with Crippen molar-refractivity contribution in [2.45, 2.75) is 78.0 Å². The molecule has 0 saturated heterocycles. The second kappa shape index (κ2) is 9.36. The zero-order chi connectivity index (χ0) is 26.2. The Morgan fingerprint density at radius 2 is 1.40 bits per heavy atom. The number of carbonyl (C=O) groups excluding carboxylic acids is 3. The van der Waals surface area contributed by atoms with E-state index in [0.29, 0.717) is 11.3 Å². The van der Waals surface area contributed by atoms with Crippen molar-refractivity contribution >= 4 is 23.8 Å². The van der Waals surface area contributed by atoms with Crippen LogP contribution < -0.4 is 10.2 Å². The topological polar surface area (TPSA) is 84.9 Å². The molecule has 1 aliphatic heterocycles. The SMILES string of the molecule is CC(C)C1([C@H](NC(=O)OC(C)(C)C)c2ccccc2)C(=O)N(C(=O)OC(C)(C)C)c2ccccc21. The summed E-state index contributed by atoms with van der Waals surface area (Å²) >= 11 is 0. The molecule has 7 nitrogen and oxygen atoms in total. The third-order valence-electron chi connectivity index (χ3n) is 5.88. The first-order chi connectivity index (χ1) is 16.2. The number of hydrogen-bond donors (Lipinski definition) is 1. The normalized spacial score (nSPS) is 18.8. The minimum Gasteiger partial charge on any atom is -0.444 e. The lowest BCUT2D eigenvalue weighted by atomic mass is 9.65. The molecule has 0 aromatic heterocycles. The van der Waals surface area contributed by atoms with Gasteiger partial charge in [-0.15, -0.1) is 0 Å². The first-order valence-electron chi connectivity index (χ1n) is 11.9. The molecule has 1 heterocycles. The van der Waals surface area contributed by atoms with Gasteiger partial charge in [-0.2, -0.15) is 0 Å². The summed E-state index contributed by atoms with van der Waals surface area (Å²) in [6.07, 6.45) is -1.39. The minimum absolute atomic E-state index is 0.302. The number of fused-ring (bicyclic) bond motifs is 1. The van der Waals surface area contributed by atoms with Gasteiger partial charge in [0.15, 0.2) is 0 Å². The largest absolute Gasteiger partial charge is 0.444 e. The van der Waals surface area contributed by atoms with Crippen molar-refractivity contribution in [3.8, 4) is 0 Å². The molecule has 1 aliphatic rings. The maximum atomic E-state index is 14.4. The Morgan fingerprint density at radius 1 is 0.857 bits per heavy atom. The van der Waals surface area contributed by atoms with Crippen LogP contribution in [0.2, 0.25) is 0 Å². The highest BCUT2D eigenvalue weighted by molar-refractivity contribution is 6.21. The molecule has 2 aromatic rings. The average molecular weight is 481 g/mol. The van der Waals surface area contributed by atoms with E-state index >= 15 is 0 Å². The van der Waals surface area contributed by atoms with E-state index in [-0.39, 0.29) is 5.92 Å². The van der Waals surface area contributed by atoms with E-state index in [1.807, 2.05) is 56.3 Å². The molecular formula is C28H36N2O5. The number of alkyl carbamates (subject to hydrolysis) is 1. The Hall–Kier alpha value is -3.35. The van der Waals surface area contributed by atoms with Gasteiger partial charge in [0.05, 0.1) is 11.7 Å². The molecule has 0 spiro atoms. The number of carbonyl (C=O) groups is 3. The maximum absolute atomic E-state index is 14.4. The van der Waals surface area contributed by atoms with E-state index < -0.39 is 40.8 Å². The van der Waals surface area contributed by atoms with Crippen LogP contribution in [0.4, 0.5) is 15.3 Å². The summed E-state index contributed by atoms with van der Waals surface area (Å²) in [6, 6.07) is 15.7. The Morgan fingerprint density at radius 3 is 1.94 bits per heavy atom. The molecule has 0 saturated carbocycles. The molecule has 0 bridgehead atoms. The van der Waals surface area contributed by atoms with E-state index in [0.717, 1.165) is 10.5 Å². The van der Waals surface area contributed by atoms with Gasteiger partial charge in [-0.1, -0.05) is 62.4 Å². The highest BCUT2D eigenvalue weighted by atomic mass is 16.6. The van der Waals surface area contributed by atoms with Gasteiger partial charge in [0.2, 0.25) is 5.91 Å². The fourth-order valence-electron chi connectivity index (χ4n) is 4.62. The maximum Gasteiger partial charge on any atom is 0.421 e. The average Bonchev–Trinajstić information content (AvgIpc) is 2.99. The lowest BCUT2D eigenvalue weighted by Crippen LogP contribution is -2.55. The molecule has 0 radical (unpaired) electrons. The molecule has 0 fully saturated rings. The van der Waals surface area contributed by atoms with Crippen molar-refractivity contribution in [3.63, 3.8) is 0 Å². The third-order valence-corrected chi connectivity index (χ3v) is 5.88. The standard InChI is InChI=1S/C28H36N2O5/c1-18(2)28(22(19-14-10-9-11-15-19)29-24(32)34-26(3,4)5)20-16-12-13-17-21(20)30(23(28)31)25(33)35-27(6,7)8/h9-18,22H,1-8H3,(H,29,32)/t22-,28?/m1/s1. The van der Waals surface area contributed by atoms with Gasteiger partial charge in [0, 0.05) is 0 Å². The molecule has 35 heavy (non-hydrogen) atoms. The van der Waals surface area contributed by atoms with Crippen LogP contribution >= 0.6 is 0 Å². The number of imide groups is 1. The van der Waals surface area contributed by atoms with Gasteiger partial charge in [0.1, 0.15) is 16.6 Å². The Kier molecular flexibility index (Phi) is 7.02. The lowest BCUT2D eigenvalue weighted by Gasteiger charge is -2.40. The quantitative estimate of drug-likeness (QED) is 0.569. The van der Waals surface area contributed by atoms with Crippen LogP contribution in [-0.2, 0) is 19.7 Å². The van der Waals surface area contributed by atoms with E-state index in [1.165, 1.54) is 0 Å². The monoisotopic (exact) mass is 480 g/mol. The zero-order valence-electron chi connectivity index (χ0n) is 21.8. The second-order valence-electron chi connectivity index (χ2n) is 11.2. The minimum atomic E-state index is -1.29. The number of nitrogens with zero attached hydrogens (tertiary/aromatic N) is 1. The molecular weight excluding hydrogens is 444 g/mol. The van der Waals surface area contributed by atoms with E-state index in [4.69, 9.17) is 9.47 Å². The number of amides is 3. The number of rotatable bonds is 4. The van der Waals surface area contributed by atoms with Crippen LogP contribution in [0.1, 0.15) is 72.6 Å². The Labute approximate surface area is 207 Å². The summed E-state index contributed by atoms with van der Waals surface area (Å²) < 4.78 is 11.2. The number of benzene rings is 2. The summed E-state index contributed by atoms with van der Waals surface area (Å²) in [5.41, 5.74) is -0.977. The summed E-state index contributed by atoms with van der Waals surface area (Å²) in [6.45, 7) is 14.4. The van der Waals surface area contributed by atoms with Crippen molar-refractivity contribution in [3.05, 3.63) is 65.7 Å². The van der Waals surface area contributed by atoms with Gasteiger partial charge in [0.25, 0.3) is 0 Å². The predicted molar refractivity (Wildman–Crippen MR) is 135 cm³/mol. The Balaban J connectivity index is 2.23. The van der Waals surface area contributed by atoms with Crippen molar-refractivity contribution < 1.29 is 23.9 Å². The number of nitrogens with one attached hydrogen (secondary N) is 1.